The highest BCUT2D eigenvalue weighted by atomic mass is 79.9. The van der Waals surface area contributed by atoms with E-state index >= 15 is 0 Å². The average molecular weight is 433 g/mol. The van der Waals surface area contributed by atoms with Gasteiger partial charge in [-0.2, -0.15) is 0 Å². The van der Waals surface area contributed by atoms with E-state index in [1.54, 1.807) is 0 Å². The highest BCUT2D eigenvalue weighted by Gasteiger charge is 2.40. The molecular formula is C22H23BrF2N2. The Bertz CT molecular complexity index is 943. The third-order valence-electron chi connectivity index (χ3n) is 5.48. The molecule has 1 aliphatic rings. The monoisotopic (exact) mass is 432 g/mol. The summed E-state index contributed by atoms with van der Waals surface area (Å²) in [5, 5.41) is 1.20. The molecule has 1 aromatic heterocycles. The molecule has 142 valence electrons. The smallest absolute Gasteiger partial charge is 0.257 e. The van der Waals surface area contributed by atoms with Gasteiger partial charge >= 0.3 is 0 Å². The second kappa shape index (κ2) is 7.02. The number of nitrogens with zero attached hydrogens (tertiary/aromatic N) is 1. The van der Waals surface area contributed by atoms with Crippen LogP contribution in [0.4, 0.5) is 8.78 Å². The zero-order valence-corrected chi connectivity index (χ0v) is 17.1. The molecule has 0 fully saturated rings. The van der Waals surface area contributed by atoms with Gasteiger partial charge in [0.15, 0.2) is 0 Å². The van der Waals surface area contributed by atoms with Gasteiger partial charge in [-0.15, -0.1) is 0 Å². The molecule has 0 spiro atoms. The van der Waals surface area contributed by atoms with Crippen LogP contribution in [0.15, 0.2) is 53.0 Å². The Morgan fingerprint density at radius 3 is 2.52 bits per heavy atom. The van der Waals surface area contributed by atoms with E-state index in [0.717, 1.165) is 41.0 Å². The summed E-state index contributed by atoms with van der Waals surface area (Å²) < 4.78 is 29.2. The molecule has 2 unspecified atom stereocenters. The van der Waals surface area contributed by atoms with Gasteiger partial charge in [0.2, 0.25) is 0 Å². The minimum atomic E-state index is -2.75. The molecule has 1 N–H and O–H groups in total. The Morgan fingerprint density at radius 2 is 1.85 bits per heavy atom. The molecule has 27 heavy (non-hydrogen) atoms. The van der Waals surface area contributed by atoms with E-state index in [0.29, 0.717) is 0 Å². The average Bonchev–Trinajstić information content (AvgIpc) is 2.99. The Balaban J connectivity index is 1.91. The number of hydrogen-bond donors (Lipinski definition) is 1. The van der Waals surface area contributed by atoms with E-state index in [1.165, 1.54) is 10.9 Å². The minimum Gasteiger partial charge on any atom is -0.357 e. The van der Waals surface area contributed by atoms with Gasteiger partial charge in [-0.05, 0) is 42.2 Å². The van der Waals surface area contributed by atoms with Crippen molar-refractivity contribution in [1.82, 2.24) is 9.88 Å². The SMILES string of the molecule is CCC1Cc2c([nH]c3ccccc23)C(c2ccc(Br)cc2)N1CC(C)(F)F. The predicted molar refractivity (Wildman–Crippen MR) is 109 cm³/mol. The lowest BCUT2D eigenvalue weighted by molar-refractivity contribution is -0.0396. The van der Waals surface area contributed by atoms with Gasteiger partial charge in [0.1, 0.15) is 0 Å². The second-order valence-corrected chi connectivity index (χ2v) is 8.44. The van der Waals surface area contributed by atoms with E-state index in [9.17, 15) is 8.78 Å². The van der Waals surface area contributed by atoms with Crippen LogP contribution < -0.4 is 0 Å². The second-order valence-electron chi connectivity index (χ2n) is 7.53. The van der Waals surface area contributed by atoms with E-state index in [-0.39, 0.29) is 18.6 Å². The van der Waals surface area contributed by atoms with Crippen LogP contribution >= 0.6 is 15.9 Å². The number of halogens is 3. The lowest BCUT2D eigenvalue weighted by Gasteiger charge is -2.43. The molecule has 2 nitrogen and oxygen atoms in total. The third-order valence-corrected chi connectivity index (χ3v) is 6.01. The van der Waals surface area contributed by atoms with Gasteiger partial charge in [0.25, 0.3) is 5.92 Å². The fourth-order valence-corrected chi connectivity index (χ4v) is 4.59. The van der Waals surface area contributed by atoms with Crippen molar-refractivity contribution in [2.75, 3.05) is 6.54 Å². The first kappa shape index (κ1) is 18.6. The van der Waals surface area contributed by atoms with E-state index in [2.05, 4.69) is 40.0 Å². The standard InChI is InChI=1S/C22H23BrF2N2/c1-3-16-12-18-17-6-4-5-7-19(17)26-20(18)21(27(16)13-22(2,24)25)14-8-10-15(23)11-9-14/h4-11,16,21,26H,3,12-13H2,1-2H3. The Labute approximate surface area is 166 Å². The van der Waals surface area contributed by atoms with Crippen molar-refractivity contribution in [3.05, 3.63) is 69.8 Å². The van der Waals surface area contributed by atoms with Crippen molar-refractivity contribution in [2.24, 2.45) is 0 Å². The van der Waals surface area contributed by atoms with Crippen molar-refractivity contribution < 1.29 is 8.78 Å². The molecule has 5 heteroatoms. The number of rotatable bonds is 4. The van der Waals surface area contributed by atoms with Crippen LogP contribution in [-0.2, 0) is 6.42 Å². The molecule has 0 radical (unpaired) electrons. The number of nitrogens with one attached hydrogen (secondary N) is 1. The van der Waals surface area contributed by atoms with Gasteiger partial charge in [-0.25, -0.2) is 8.78 Å². The lowest BCUT2D eigenvalue weighted by Crippen LogP contribution is -2.48. The molecular weight excluding hydrogens is 410 g/mol. The van der Waals surface area contributed by atoms with Crippen LogP contribution in [0, 0.1) is 0 Å². The highest BCUT2D eigenvalue weighted by molar-refractivity contribution is 9.10. The summed E-state index contributed by atoms with van der Waals surface area (Å²) in [5.41, 5.74) is 4.42. The molecule has 0 saturated heterocycles. The van der Waals surface area contributed by atoms with Crippen molar-refractivity contribution in [3.63, 3.8) is 0 Å². The van der Waals surface area contributed by atoms with Crippen LogP contribution in [0.5, 0.6) is 0 Å². The summed E-state index contributed by atoms with van der Waals surface area (Å²) in [4.78, 5) is 5.53. The number of aromatic amines is 1. The first-order chi connectivity index (χ1) is 12.9. The highest BCUT2D eigenvalue weighted by Crippen LogP contribution is 2.42. The zero-order valence-electron chi connectivity index (χ0n) is 15.5. The number of H-pyrrole nitrogens is 1. The predicted octanol–water partition coefficient (Wildman–Crippen LogP) is 6.31. The quantitative estimate of drug-likeness (QED) is 0.511. The van der Waals surface area contributed by atoms with Crippen LogP contribution in [0.3, 0.4) is 0 Å². The molecule has 0 saturated carbocycles. The normalized spacial score (nSPS) is 20.8. The summed E-state index contributed by atoms with van der Waals surface area (Å²) in [7, 11) is 0. The number of para-hydroxylation sites is 1. The van der Waals surface area contributed by atoms with Crippen molar-refractivity contribution in [2.45, 2.75) is 44.7 Å². The number of hydrogen-bond acceptors (Lipinski definition) is 1. The summed E-state index contributed by atoms with van der Waals surface area (Å²) in [6, 6.07) is 16.1. The first-order valence-electron chi connectivity index (χ1n) is 9.36. The van der Waals surface area contributed by atoms with Crippen LogP contribution in [0.2, 0.25) is 0 Å². The Hall–Kier alpha value is -1.72. The lowest BCUT2D eigenvalue weighted by atomic mass is 9.87. The fourth-order valence-electron chi connectivity index (χ4n) is 4.33. The largest absolute Gasteiger partial charge is 0.357 e. The van der Waals surface area contributed by atoms with Crippen molar-refractivity contribution >= 4 is 26.8 Å². The molecule has 2 aromatic carbocycles. The van der Waals surface area contributed by atoms with Gasteiger partial charge in [0, 0.05) is 34.0 Å². The maximum atomic E-state index is 14.1. The molecule has 0 amide bonds. The van der Waals surface area contributed by atoms with Crippen LogP contribution in [0.25, 0.3) is 10.9 Å². The number of fused-ring (bicyclic) bond motifs is 3. The first-order valence-corrected chi connectivity index (χ1v) is 10.1. The molecule has 2 atom stereocenters. The van der Waals surface area contributed by atoms with E-state index in [4.69, 9.17) is 0 Å². The number of alkyl halides is 2. The third kappa shape index (κ3) is 3.55. The maximum Gasteiger partial charge on any atom is 0.257 e. The maximum absolute atomic E-state index is 14.1. The fraction of sp³-hybridized carbons (Fsp3) is 0.364. The van der Waals surface area contributed by atoms with Crippen LogP contribution in [-0.4, -0.2) is 28.4 Å². The van der Waals surface area contributed by atoms with Gasteiger partial charge in [0.05, 0.1) is 12.6 Å². The summed E-state index contributed by atoms with van der Waals surface area (Å²) >= 11 is 3.48. The summed E-state index contributed by atoms with van der Waals surface area (Å²) in [6.07, 6.45) is 1.63. The number of aromatic nitrogens is 1. The Kier molecular flexibility index (Phi) is 4.85. The van der Waals surface area contributed by atoms with Crippen molar-refractivity contribution in [3.8, 4) is 0 Å². The molecule has 2 heterocycles. The summed E-state index contributed by atoms with van der Waals surface area (Å²) in [6.45, 7) is 2.85. The van der Waals surface area contributed by atoms with Crippen LogP contribution in [0.1, 0.15) is 43.1 Å². The molecule has 0 bridgehead atoms. The zero-order chi connectivity index (χ0) is 19.2. The van der Waals surface area contributed by atoms with Gasteiger partial charge < -0.3 is 4.98 Å². The molecule has 3 aromatic rings. The van der Waals surface area contributed by atoms with E-state index in [1.807, 2.05) is 41.3 Å². The van der Waals surface area contributed by atoms with E-state index < -0.39 is 5.92 Å². The Morgan fingerprint density at radius 1 is 1.15 bits per heavy atom. The molecule has 0 aliphatic carbocycles. The molecule has 1 aliphatic heterocycles. The number of benzene rings is 2. The van der Waals surface area contributed by atoms with Gasteiger partial charge in [-0.1, -0.05) is 53.2 Å². The minimum absolute atomic E-state index is 0.0798. The molecule has 4 rings (SSSR count). The van der Waals surface area contributed by atoms with Gasteiger partial charge in [-0.3, -0.25) is 4.90 Å². The topological polar surface area (TPSA) is 19.0 Å². The van der Waals surface area contributed by atoms with Crippen molar-refractivity contribution in [1.29, 1.82) is 0 Å². The summed E-state index contributed by atoms with van der Waals surface area (Å²) in [5.74, 6) is -2.75.